The van der Waals surface area contributed by atoms with Gasteiger partial charge in [-0.3, -0.25) is 9.13 Å². The van der Waals surface area contributed by atoms with E-state index in [4.69, 9.17) is 19.6 Å². The van der Waals surface area contributed by atoms with Gasteiger partial charge in [0, 0.05) is 4.57 Å². The Morgan fingerprint density at radius 2 is 1.21 bits per heavy atom. The summed E-state index contributed by atoms with van der Waals surface area (Å²) in [5.74, 6) is 0. The molecular formula is C2H8O9P3+. The highest BCUT2D eigenvalue weighted by atomic mass is 31.2. The van der Waals surface area contributed by atoms with Crippen LogP contribution in [0, 0.1) is 0 Å². The van der Waals surface area contributed by atoms with E-state index in [0.29, 0.717) is 0 Å². The molecule has 0 heterocycles. The van der Waals surface area contributed by atoms with Crippen LogP contribution in [0.2, 0.25) is 0 Å². The lowest BCUT2D eigenvalue weighted by Crippen LogP contribution is -1.92. The minimum atomic E-state index is -4.46. The third-order valence-electron chi connectivity index (χ3n) is 0.663. The van der Waals surface area contributed by atoms with Crippen LogP contribution in [0.5, 0.6) is 0 Å². The Bertz CT molecular complexity index is 256. The summed E-state index contributed by atoms with van der Waals surface area (Å²) < 4.78 is 38.9. The fraction of sp³-hybridized carbons (Fsp3) is 1.00. The number of hydrogen-bond donors (Lipinski definition) is 4. The van der Waals surface area contributed by atoms with Crippen LogP contribution < -0.4 is 0 Å². The van der Waals surface area contributed by atoms with Gasteiger partial charge in [0.05, 0.1) is 0 Å². The van der Waals surface area contributed by atoms with Gasteiger partial charge in [-0.2, -0.15) is 0 Å². The molecule has 0 aliphatic rings. The van der Waals surface area contributed by atoms with Gasteiger partial charge in [0.15, 0.2) is 0 Å². The zero-order chi connectivity index (χ0) is 11.4. The number of hydrogen-bond acceptors (Lipinski definition) is 5. The van der Waals surface area contributed by atoms with Crippen LogP contribution in [0.15, 0.2) is 0 Å². The fourth-order valence-corrected chi connectivity index (χ4v) is 2.31. The van der Waals surface area contributed by atoms with Crippen molar-refractivity contribution >= 4 is 23.4 Å². The fourth-order valence-electron chi connectivity index (χ4n) is 0.282. The van der Waals surface area contributed by atoms with E-state index in [-0.39, 0.29) is 0 Å². The van der Waals surface area contributed by atoms with E-state index in [0.717, 1.165) is 0 Å². The van der Waals surface area contributed by atoms with Crippen LogP contribution in [0.3, 0.4) is 0 Å². The molecule has 0 unspecified atom stereocenters. The molecule has 0 saturated heterocycles. The molecule has 0 amide bonds. The maximum absolute atomic E-state index is 10.6. The van der Waals surface area contributed by atoms with E-state index in [1.165, 1.54) is 0 Å². The summed E-state index contributed by atoms with van der Waals surface area (Å²) in [6, 6.07) is 0. The maximum Gasteiger partial charge on any atom is 0.698 e. The first-order valence-electron chi connectivity index (χ1n) is 2.92. The molecule has 0 rings (SSSR count). The second-order valence-corrected chi connectivity index (χ2v) is 6.21. The summed E-state index contributed by atoms with van der Waals surface area (Å²) in [6.45, 7) is 0. The van der Waals surface area contributed by atoms with Crippen LogP contribution in [-0.2, 0) is 22.7 Å². The molecule has 14 heavy (non-hydrogen) atoms. The molecule has 0 spiro atoms. The molecule has 0 fully saturated rings. The van der Waals surface area contributed by atoms with Crippen molar-refractivity contribution in [1.82, 2.24) is 0 Å². The smallest absolute Gasteiger partial charge is 0.323 e. The SMILES string of the molecule is O=[P+](OCP(=O)(O)O)OCP(=O)(O)O. The zero-order valence-corrected chi connectivity index (χ0v) is 9.27. The molecule has 0 aliphatic heterocycles. The molecule has 4 N–H and O–H groups in total. The van der Waals surface area contributed by atoms with Crippen molar-refractivity contribution in [2.75, 3.05) is 12.7 Å². The third kappa shape index (κ3) is 10.4. The van der Waals surface area contributed by atoms with Gasteiger partial charge in [-0.25, -0.2) is 0 Å². The number of rotatable bonds is 6. The van der Waals surface area contributed by atoms with Gasteiger partial charge in [-0.15, -0.1) is 9.05 Å². The standard InChI is InChI=1S/C2H7O9P3/c3-12(10-1-13(4,5)6)11-2-14(7,8)9/h1-2H2,(H3-,4,5,6,7,8,9)/p+1. The van der Waals surface area contributed by atoms with Crippen molar-refractivity contribution in [2.24, 2.45) is 0 Å². The normalized spacial score (nSPS) is 12.9. The monoisotopic (exact) mass is 269 g/mol. The molecule has 0 saturated carbocycles. The van der Waals surface area contributed by atoms with Gasteiger partial charge in [-0.05, 0) is 0 Å². The topological polar surface area (TPSA) is 151 Å². The molecule has 0 atom stereocenters. The molecule has 84 valence electrons. The van der Waals surface area contributed by atoms with E-state index < -0.39 is 36.1 Å². The second-order valence-electron chi connectivity index (χ2n) is 2.07. The Morgan fingerprint density at radius 1 is 0.929 bits per heavy atom. The second kappa shape index (κ2) is 5.42. The van der Waals surface area contributed by atoms with Gasteiger partial charge in [0.25, 0.3) is 0 Å². The summed E-state index contributed by atoms with van der Waals surface area (Å²) in [5, 5.41) is 0. The van der Waals surface area contributed by atoms with Crippen LogP contribution in [0.25, 0.3) is 0 Å². The average molecular weight is 269 g/mol. The Hall–Kier alpha value is 0.320. The van der Waals surface area contributed by atoms with Crippen molar-refractivity contribution in [3.63, 3.8) is 0 Å². The molecule has 0 aromatic rings. The summed E-state index contributed by atoms with van der Waals surface area (Å²) >= 11 is 0. The third-order valence-corrected chi connectivity index (χ3v) is 2.68. The predicted octanol–water partition coefficient (Wildman–Crippen LogP) is -0.0526. The van der Waals surface area contributed by atoms with E-state index in [1.54, 1.807) is 0 Å². The molecule has 12 heteroatoms. The van der Waals surface area contributed by atoms with E-state index in [1.807, 2.05) is 0 Å². The van der Waals surface area contributed by atoms with Gasteiger partial charge < -0.3 is 19.6 Å². The molecule has 0 bridgehead atoms. The lowest BCUT2D eigenvalue weighted by atomic mass is 11.7. The largest absolute Gasteiger partial charge is 0.698 e. The van der Waals surface area contributed by atoms with Gasteiger partial charge in [0.1, 0.15) is 0 Å². The first kappa shape index (κ1) is 14.3. The van der Waals surface area contributed by atoms with E-state index >= 15 is 0 Å². The molecule has 9 nitrogen and oxygen atoms in total. The van der Waals surface area contributed by atoms with Crippen molar-refractivity contribution in [2.45, 2.75) is 0 Å². The molecule has 0 aliphatic carbocycles. The zero-order valence-electron chi connectivity index (χ0n) is 6.59. The molecule has 0 aromatic heterocycles. The quantitative estimate of drug-likeness (QED) is 0.486. The summed E-state index contributed by atoms with van der Waals surface area (Å²) in [5.41, 5.74) is 0. The Balaban J connectivity index is 3.79. The van der Waals surface area contributed by atoms with Gasteiger partial charge >= 0.3 is 23.4 Å². The summed E-state index contributed by atoms with van der Waals surface area (Å²) in [6.07, 6.45) is -2.27. The van der Waals surface area contributed by atoms with E-state index in [2.05, 4.69) is 9.05 Å². The molecule has 0 aromatic carbocycles. The Labute approximate surface area is 79.3 Å². The van der Waals surface area contributed by atoms with Gasteiger partial charge in [0.2, 0.25) is 12.7 Å². The van der Waals surface area contributed by atoms with Crippen LogP contribution in [0.1, 0.15) is 0 Å². The van der Waals surface area contributed by atoms with Crippen molar-refractivity contribution in [1.29, 1.82) is 0 Å². The van der Waals surface area contributed by atoms with Crippen LogP contribution in [-0.4, -0.2) is 32.3 Å². The highest BCUT2D eigenvalue weighted by Crippen LogP contribution is 2.42. The minimum Gasteiger partial charge on any atom is -0.323 e. The highest BCUT2D eigenvalue weighted by Gasteiger charge is 2.30. The first-order chi connectivity index (χ1) is 6.10. The molecule has 0 radical (unpaired) electrons. The summed E-state index contributed by atoms with van der Waals surface area (Å²) in [4.78, 5) is 33.0. The van der Waals surface area contributed by atoms with Crippen LogP contribution >= 0.6 is 23.4 Å². The first-order valence-corrected chi connectivity index (χ1v) is 7.61. The molecular weight excluding hydrogens is 261 g/mol. The Morgan fingerprint density at radius 3 is 1.43 bits per heavy atom. The van der Waals surface area contributed by atoms with Crippen molar-refractivity contribution in [3.05, 3.63) is 0 Å². The van der Waals surface area contributed by atoms with E-state index in [9.17, 15) is 13.7 Å². The minimum absolute atomic E-state index is 1.14. The van der Waals surface area contributed by atoms with Crippen molar-refractivity contribution in [3.8, 4) is 0 Å². The summed E-state index contributed by atoms with van der Waals surface area (Å²) in [7, 11) is -11.9. The Kier molecular flexibility index (Phi) is 5.54. The lowest BCUT2D eigenvalue weighted by molar-refractivity contribution is 0.238. The van der Waals surface area contributed by atoms with Gasteiger partial charge in [-0.1, -0.05) is 0 Å². The maximum atomic E-state index is 10.6. The average Bonchev–Trinajstić information content (AvgIpc) is 1.94. The van der Waals surface area contributed by atoms with Crippen molar-refractivity contribution < 1.29 is 42.3 Å². The highest BCUT2D eigenvalue weighted by molar-refractivity contribution is 7.52. The lowest BCUT2D eigenvalue weighted by Gasteiger charge is -1.97. The van der Waals surface area contributed by atoms with Crippen LogP contribution in [0.4, 0.5) is 0 Å². The predicted molar refractivity (Wildman–Crippen MR) is 43.6 cm³/mol.